The van der Waals surface area contributed by atoms with Crippen LogP contribution in [-0.4, -0.2) is 41.8 Å². The lowest BCUT2D eigenvalue weighted by atomic mass is 10.1. The number of ether oxygens (including phenoxy) is 1. The Labute approximate surface area is 186 Å². The molecule has 0 fully saturated rings. The van der Waals surface area contributed by atoms with Gasteiger partial charge >= 0.3 is 0 Å². The molecule has 1 aromatic heterocycles. The molecule has 1 heterocycles. The monoisotopic (exact) mass is 499 g/mol. The molecule has 6 nitrogen and oxygen atoms in total. The van der Waals surface area contributed by atoms with Gasteiger partial charge in [-0.15, -0.1) is 24.0 Å². The van der Waals surface area contributed by atoms with Crippen molar-refractivity contribution in [3.05, 3.63) is 54.1 Å². The maximum Gasteiger partial charge on any atom is 0.191 e. The smallest absolute Gasteiger partial charge is 0.191 e. The number of guanidine groups is 1. The molecule has 0 radical (unpaired) electrons. The fourth-order valence-corrected chi connectivity index (χ4v) is 2.55. The summed E-state index contributed by atoms with van der Waals surface area (Å²) < 4.78 is 7.67. The van der Waals surface area contributed by atoms with Gasteiger partial charge in [0.2, 0.25) is 0 Å². The van der Waals surface area contributed by atoms with Crippen molar-refractivity contribution in [2.45, 2.75) is 40.3 Å². The first-order valence-corrected chi connectivity index (χ1v) is 9.81. The van der Waals surface area contributed by atoms with Gasteiger partial charge in [-0.2, -0.15) is 0 Å². The maximum atomic E-state index is 5.61. The third-order valence-corrected chi connectivity index (χ3v) is 3.92. The van der Waals surface area contributed by atoms with Crippen molar-refractivity contribution in [2.75, 3.05) is 26.3 Å². The summed E-state index contributed by atoms with van der Waals surface area (Å²) in [6, 6.07) is 8.58. The molecule has 0 aliphatic carbocycles. The summed E-state index contributed by atoms with van der Waals surface area (Å²) in [6.07, 6.45) is 6.58. The molecule has 0 bridgehead atoms. The number of rotatable bonds is 11. The summed E-state index contributed by atoms with van der Waals surface area (Å²) in [5, 5.41) is 6.66. The third kappa shape index (κ3) is 10.1. The second kappa shape index (κ2) is 14.4. The Hall–Kier alpha value is -1.61. The summed E-state index contributed by atoms with van der Waals surface area (Å²) in [4.78, 5) is 8.75. The van der Waals surface area contributed by atoms with Crippen molar-refractivity contribution < 1.29 is 4.74 Å². The lowest BCUT2D eigenvalue weighted by molar-refractivity contribution is 0.108. The molecular formula is C21H34IN5O. The van der Waals surface area contributed by atoms with Crippen LogP contribution in [0, 0.1) is 5.92 Å². The minimum absolute atomic E-state index is 0. The summed E-state index contributed by atoms with van der Waals surface area (Å²) >= 11 is 0. The van der Waals surface area contributed by atoms with Gasteiger partial charge in [0.15, 0.2) is 5.96 Å². The molecule has 0 unspecified atom stereocenters. The standard InChI is InChI=1S/C21H33N5O.HI/c1-4-23-21(24-10-5-13-27-16-18(2)3)25-14-19-6-8-20(9-7-19)15-26-12-11-22-17-26;/h6-9,11-12,17-18H,4-5,10,13-16H2,1-3H3,(H2,23,24,25);1H. The number of hydrogen-bond acceptors (Lipinski definition) is 3. The van der Waals surface area contributed by atoms with Crippen LogP contribution in [0.15, 0.2) is 48.0 Å². The first kappa shape index (κ1) is 24.4. The van der Waals surface area contributed by atoms with Crippen molar-refractivity contribution in [3.63, 3.8) is 0 Å². The predicted octanol–water partition coefficient (Wildman–Crippen LogP) is 3.67. The van der Waals surface area contributed by atoms with Crippen LogP contribution in [-0.2, 0) is 17.8 Å². The van der Waals surface area contributed by atoms with E-state index in [2.05, 4.69) is 70.2 Å². The summed E-state index contributed by atoms with van der Waals surface area (Å²) in [5.74, 6) is 1.44. The number of aromatic nitrogens is 2. The van der Waals surface area contributed by atoms with Gasteiger partial charge in [-0.3, -0.25) is 0 Å². The van der Waals surface area contributed by atoms with Crippen LogP contribution in [0.1, 0.15) is 38.3 Å². The number of hydrogen-bond donors (Lipinski definition) is 2. The molecule has 0 saturated carbocycles. The summed E-state index contributed by atoms with van der Waals surface area (Å²) in [5.41, 5.74) is 2.45. The first-order valence-electron chi connectivity index (χ1n) is 9.81. The number of benzene rings is 1. The molecule has 0 amide bonds. The van der Waals surface area contributed by atoms with Crippen LogP contribution < -0.4 is 10.6 Å². The number of halogens is 1. The normalized spacial score (nSPS) is 11.4. The van der Waals surface area contributed by atoms with E-state index in [1.807, 2.05) is 12.5 Å². The van der Waals surface area contributed by atoms with E-state index >= 15 is 0 Å². The van der Waals surface area contributed by atoms with Crippen molar-refractivity contribution in [1.82, 2.24) is 20.2 Å². The van der Waals surface area contributed by atoms with E-state index in [9.17, 15) is 0 Å². The highest BCUT2D eigenvalue weighted by molar-refractivity contribution is 14.0. The molecule has 0 saturated heterocycles. The minimum atomic E-state index is 0. The first-order chi connectivity index (χ1) is 13.2. The van der Waals surface area contributed by atoms with Crippen LogP contribution in [0.4, 0.5) is 0 Å². The molecule has 2 aromatic rings. The van der Waals surface area contributed by atoms with Gasteiger partial charge < -0.3 is 19.9 Å². The Bertz CT molecular complexity index is 656. The quantitative estimate of drug-likeness (QED) is 0.214. The van der Waals surface area contributed by atoms with E-state index in [0.29, 0.717) is 12.5 Å². The highest BCUT2D eigenvalue weighted by Crippen LogP contribution is 2.07. The fourth-order valence-electron chi connectivity index (χ4n) is 2.55. The Kier molecular flexibility index (Phi) is 12.6. The molecule has 7 heteroatoms. The van der Waals surface area contributed by atoms with Crippen LogP contribution in [0.5, 0.6) is 0 Å². The molecule has 1 aromatic carbocycles. The van der Waals surface area contributed by atoms with Crippen molar-refractivity contribution in [2.24, 2.45) is 10.9 Å². The zero-order chi connectivity index (χ0) is 19.3. The van der Waals surface area contributed by atoms with E-state index in [4.69, 9.17) is 4.74 Å². The molecular weight excluding hydrogens is 465 g/mol. The molecule has 156 valence electrons. The van der Waals surface area contributed by atoms with Gasteiger partial charge in [-0.25, -0.2) is 9.98 Å². The Morgan fingerprint density at radius 1 is 1.18 bits per heavy atom. The zero-order valence-electron chi connectivity index (χ0n) is 17.2. The van der Waals surface area contributed by atoms with Crippen molar-refractivity contribution >= 4 is 29.9 Å². The summed E-state index contributed by atoms with van der Waals surface area (Å²) in [7, 11) is 0. The van der Waals surface area contributed by atoms with Crippen LogP contribution in [0.25, 0.3) is 0 Å². The Balaban J connectivity index is 0.00000392. The van der Waals surface area contributed by atoms with Crippen LogP contribution in [0.2, 0.25) is 0 Å². The maximum absolute atomic E-state index is 5.61. The topological polar surface area (TPSA) is 63.5 Å². The van der Waals surface area contributed by atoms with E-state index in [1.54, 1.807) is 6.20 Å². The zero-order valence-corrected chi connectivity index (χ0v) is 19.6. The van der Waals surface area contributed by atoms with E-state index in [1.165, 1.54) is 11.1 Å². The Morgan fingerprint density at radius 2 is 1.93 bits per heavy atom. The number of imidazole rings is 1. The number of nitrogens with one attached hydrogen (secondary N) is 2. The fraction of sp³-hybridized carbons (Fsp3) is 0.524. The third-order valence-electron chi connectivity index (χ3n) is 3.92. The molecule has 0 aliphatic heterocycles. The largest absolute Gasteiger partial charge is 0.381 e. The van der Waals surface area contributed by atoms with Gasteiger partial charge in [-0.1, -0.05) is 38.1 Å². The molecule has 28 heavy (non-hydrogen) atoms. The highest BCUT2D eigenvalue weighted by Gasteiger charge is 2.00. The molecule has 2 N–H and O–H groups in total. The predicted molar refractivity (Wildman–Crippen MR) is 126 cm³/mol. The SMILES string of the molecule is CCNC(=NCc1ccc(Cn2ccnc2)cc1)NCCCOCC(C)C.I. The molecule has 0 atom stereocenters. The Morgan fingerprint density at radius 3 is 2.57 bits per heavy atom. The highest BCUT2D eigenvalue weighted by atomic mass is 127. The van der Waals surface area contributed by atoms with Gasteiger partial charge in [0.25, 0.3) is 0 Å². The van der Waals surface area contributed by atoms with Gasteiger partial charge in [-0.05, 0) is 30.4 Å². The molecule has 0 spiro atoms. The average Bonchev–Trinajstić information content (AvgIpc) is 3.16. The van der Waals surface area contributed by atoms with E-state index in [-0.39, 0.29) is 24.0 Å². The summed E-state index contributed by atoms with van der Waals surface area (Å²) in [6.45, 7) is 11.2. The second-order valence-corrected chi connectivity index (χ2v) is 7.00. The van der Waals surface area contributed by atoms with Gasteiger partial charge in [0.1, 0.15) is 0 Å². The van der Waals surface area contributed by atoms with E-state index in [0.717, 1.165) is 45.2 Å². The number of aliphatic imine (C=N–C) groups is 1. The molecule has 2 rings (SSSR count). The number of nitrogens with zero attached hydrogens (tertiary/aromatic N) is 3. The second-order valence-electron chi connectivity index (χ2n) is 7.00. The lowest BCUT2D eigenvalue weighted by Crippen LogP contribution is -2.38. The minimum Gasteiger partial charge on any atom is -0.381 e. The van der Waals surface area contributed by atoms with Crippen LogP contribution in [0.3, 0.4) is 0 Å². The van der Waals surface area contributed by atoms with Gasteiger partial charge in [0, 0.05) is 45.2 Å². The van der Waals surface area contributed by atoms with Crippen molar-refractivity contribution in [1.29, 1.82) is 0 Å². The average molecular weight is 499 g/mol. The van der Waals surface area contributed by atoms with Gasteiger partial charge in [0.05, 0.1) is 12.9 Å². The lowest BCUT2D eigenvalue weighted by Gasteiger charge is -2.12. The molecule has 0 aliphatic rings. The van der Waals surface area contributed by atoms with Crippen LogP contribution >= 0.6 is 24.0 Å². The van der Waals surface area contributed by atoms with Crippen molar-refractivity contribution in [3.8, 4) is 0 Å². The van der Waals surface area contributed by atoms with E-state index < -0.39 is 0 Å².